The van der Waals surface area contributed by atoms with Crippen molar-refractivity contribution in [1.82, 2.24) is 9.29 Å². The van der Waals surface area contributed by atoms with Crippen molar-refractivity contribution in [3.63, 3.8) is 0 Å². The first-order valence-electron chi connectivity index (χ1n) is 3.29. The van der Waals surface area contributed by atoms with Crippen molar-refractivity contribution in [3.8, 4) is 0 Å². The van der Waals surface area contributed by atoms with E-state index in [0.717, 1.165) is 5.01 Å². The zero-order valence-corrected chi connectivity index (χ0v) is 8.74. The number of aromatic nitrogens is 1. The number of nitrogens with zero attached hydrogens (tertiary/aromatic N) is 2. The molecule has 4 nitrogen and oxygen atoms in total. The Bertz CT molecular complexity index is 367. The number of hydrogen-bond acceptors (Lipinski definition) is 4. The van der Waals surface area contributed by atoms with Gasteiger partial charge in [-0.25, -0.2) is 17.7 Å². The second-order valence-corrected chi connectivity index (χ2v) is 6.10. The van der Waals surface area contributed by atoms with Crippen LogP contribution in [0.4, 0.5) is 0 Å². The quantitative estimate of drug-likeness (QED) is 0.715. The molecule has 0 radical (unpaired) electrons. The zero-order chi connectivity index (χ0) is 9.35. The van der Waals surface area contributed by atoms with Crippen LogP contribution in [0.1, 0.15) is 5.01 Å². The highest BCUT2D eigenvalue weighted by molar-refractivity contribution is 7.91. The van der Waals surface area contributed by atoms with Crippen LogP contribution in [0.25, 0.3) is 0 Å². The van der Waals surface area contributed by atoms with E-state index in [1.54, 1.807) is 6.92 Å². The molecule has 0 bridgehead atoms. The Hall–Kier alpha value is -0.460. The van der Waals surface area contributed by atoms with Gasteiger partial charge in [0.05, 0.1) is 11.2 Å². The van der Waals surface area contributed by atoms with Gasteiger partial charge in [-0.2, -0.15) is 0 Å². The van der Waals surface area contributed by atoms with Crippen molar-refractivity contribution in [3.05, 3.63) is 11.2 Å². The molecule has 0 unspecified atom stereocenters. The smallest absolute Gasteiger partial charge is 0.249 e. The number of sulfonamides is 1. The molecule has 1 rings (SSSR count). The summed E-state index contributed by atoms with van der Waals surface area (Å²) >= 11 is 1.18. The molecule has 0 aromatic carbocycles. The molecule has 1 heterocycles. The fourth-order valence-electron chi connectivity index (χ4n) is 0.641. The molecule has 1 aromatic heterocycles. The Balaban J connectivity index is 3.15. The molecule has 0 spiro atoms. The van der Waals surface area contributed by atoms with Gasteiger partial charge < -0.3 is 0 Å². The molecule has 68 valence electrons. The highest BCUT2D eigenvalue weighted by Crippen LogP contribution is 2.19. The van der Waals surface area contributed by atoms with Gasteiger partial charge in [-0.15, -0.1) is 11.3 Å². The average Bonchev–Trinajstić information content (AvgIpc) is 2.35. The molecule has 0 saturated carbocycles. The minimum absolute atomic E-state index is 0.296. The van der Waals surface area contributed by atoms with E-state index in [-0.39, 0.29) is 0 Å². The average molecular weight is 206 g/mol. The first-order chi connectivity index (χ1) is 5.44. The standard InChI is InChI=1S/C6H10N2O2S2/c1-5-7-4-6(11-5)12(9,10)8(2)3/h4H,1-3H3. The van der Waals surface area contributed by atoms with E-state index in [2.05, 4.69) is 4.98 Å². The van der Waals surface area contributed by atoms with Crippen LogP contribution in [0.5, 0.6) is 0 Å². The summed E-state index contributed by atoms with van der Waals surface area (Å²) < 4.78 is 24.4. The SMILES string of the molecule is Cc1ncc(S(=O)(=O)N(C)C)s1. The summed E-state index contributed by atoms with van der Waals surface area (Å²) in [5.74, 6) is 0. The third-order valence-electron chi connectivity index (χ3n) is 1.34. The topological polar surface area (TPSA) is 50.3 Å². The maximum atomic E-state index is 11.4. The first-order valence-corrected chi connectivity index (χ1v) is 5.55. The number of aryl methyl sites for hydroxylation is 1. The van der Waals surface area contributed by atoms with Crippen molar-refractivity contribution >= 4 is 21.4 Å². The van der Waals surface area contributed by atoms with Crippen molar-refractivity contribution in [2.75, 3.05) is 14.1 Å². The summed E-state index contributed by atoms with van der Waals surface area (Å²) in [7, 11) is -0.258. The molecular weight excluding hydrogens is 196 g/mol. The summed E-state index contributed by atoms with van der Waals surface area (Å²) in [5.41, 5.74) is 0. The molecule has 0 saturated heterocycles. The second kappa shape index (κ2) is 3.12. The molecule has 0 fully saturated rings. The van der Waals surface area contributed by atoms with Crippen LogP contribution >= 0.6 is 11.3 Å². The third-order valence-corrected chi connectivity index (χ3v) is 4.50. The van der Waals surface area contributed by atoms with Crippen molar-refractivity contribution < 1.29 is 8.42 Å². The maximum absolute atomic E-state index is 11.4. The van der Waals surface area contributed by atoms with E-state index in [1.807, 2.05) is 0 Å². The van der Waals surface area contributed by atoms with Gasteiger partial charge in [-0.1, -0.05) is 0 Å². The van der Waals surface area contributed by atoms with Crippen molar-refractivity contribution in [1.29, 1.82) is 0 Å². The van der Waals surface area contributed by atoms with E-state index in [4.69, 9.17) is 0 Å². The van der Waals surface area contributed by atoms with Crippen molar-refractivity contribution in [2.24, 2.45) is 0 Å². The Labute approximate surface area is 75.9 Å². The predicted octanol–water partition coefficient (Wildman–Crippen LogP) is 0.702. The highest BCUT2D eigenvalue weighted by atomic mass is 32.2. The number of hydrogen-bond donors (Lipinski definition) is 0. The highest BCUT2D eigenvalue weighted by Gasteiger charge is 2.19. The van der Waals surface area contributed by atoms with Crippen LogP contribution in [0, 0.1) is 6.92 Å². The molecule has 12 heavy (non-hydrogen) atoms. The Morgan fingerprint density at radius 3 is 2.42 bits per heavy atom. The lowest BCUT2D eigenvalue weighted by Crippen LogP contribution is -2.21. The summed E-state index contributed by atoms with van der Waals surface area (Å²) in [5, 5.41) is 0.760. The maximum Gasteiger partial charge on any atom is 0.253 e. The van der Waals surface area contributed by atoms with Crippen LogP contribution < -0.4 is 0 Å². The number of thiazole rings is 1. The van der Waals surface area contributed by atoms with E-state index >= 15 is 0 Å². The van der Waals surface area contributed by atoms with Gasteiger partial charge in [0.15, 0.2) is 4.21 Å². The lowest BCUT2D eigenvalue weighted by molar-refractivity contribution is 0.523. The normalized spacial score (nSPS) is 12.3. The lowest BCUT2D eigenvalue weighted by Gasteiger charge is -2.07. The van der Waals surface area contributed by atoms with Gasteiger partial charge in [0, 0.05) is 14.1 Å². The van der Waals surface area contributed by atoms with Gasteiger partial charge in [-0.3, -0.25) is 0 Å². The zero-order valence-electron chi connectivity index (χ0n) is 7.10. The van der Waals surface area contributed by atoms with E-state index in [9.17, 15) is 8.42 Å². The summed E-state index contributed by atoms with van der Waals surface area (Å²) in [6.45, 7) is 1.78. The molecule has 6 heteroatoms. The molecule has 0 amide bonds. The summed E-state index contributed by atoms with van der Waals surface area (Å²) in [4.78, 5) is 3.88. The van der Waals surface area contributed by atoms with Crippen molar-refractivity contribution in [2.45, 2.75) is 11.1 Å². The fraction of sp³-hybridized carbons (Fsp3) is 0.500. The fourth-order valence-corrected chi connectivity index (χ4v) is 2.92. The molecule has 0 aliphatic heterocycles. The van der Waals surface area contributed by atoms with Gasteiger partial charge in [0.2, 0.25) is 0 Å². The Morgan fingerprint density at radius 2 is 2.08 bits per heavy atom. The van der Waals surface area contributed by atoms with Gasteiger partial charge >= 0.3 is 0 Å². The van der Waals surface area contributed by atoms with Crippen LogP contribution in [0.2, 0.25) is 0 Å². The summed E-state index contributed by atoms with van der Waals surface area (Å²) in [6.07, 6.45) is 1.38. The van der Waals surface area contributed by atoms with Crippen LogP contribution in [-0.2, 0) is 10.0 Å². The van der Waals surface area contributed by atoms with Crippen LogP contribution in [0.3, 0.4) is 0 Å². The molecular formula is C6H10N2O2S2. The van der Waals surface area contributed by atoms with Gasteiger partial charge in [-0.05, 0) is 6.92 Å². The van der Waals surface area contributed by atoms with Crippen LogP contribution in [0.15, 0.2) is 10.4 Å². The van der Waals surface area contributed by atoms with Crippen LogP contribution in [-0.4, -0.2) is 31.8 Å². The molecule has 0 N–H and O–H groups in total. The summed E-state index contributed by atoms with van der Waals surface area (Å²) in [6, 6.07) is 0. The lowest BCUT2D eigenvalue weighted by atomic mass is 10.8. The van der Waals surface area contributed by atoms with E-state index in [0.29, 0.717) is 4.21 Å². The van der Waals surface area contributed by atoms with E-state index < -0.39 is 10.0 Å². The predicted molar refractivity (Wildman–Crippen MR) is 47.7 cm³/mol. The monoisotopic (exact) mass is 206 g/mol. The second-order valence-electron chi connectivity index (χ2n) is 2.49. The minimum atomic E-state index is -3.27. The van der Waals surface area contributed by atoms with Gasteiger partial charge in [0.1, 0.15) is 0 Å². The Morgan fingerprint density at radius 1 is 1.50 bits per heavy atom. The molecule has 0 aliphatic carbocycles. The number of rotatable bonds is 2. The Kier molecular flexibility index (Phi) is 2.50. The minimum Gasteiger partial charge on any atom is -0.249 e. The molecule has 0 aliphatic rings. The molecule has 0 atom stereocenters. The van der Waals surface area contributed by atoms with Gasteiger partial charge in [0.25, 0.3) is 10.0 Å². The molecule has 1 aromatic rings. The third kappa shape index (κ3) is 1.65. The largest absolute Gasteiger partial charge is 0.253 e. The van der Waals surface area contributed by atoms with E-state index in [1.165, 1.54) is 35.9 Å². The first kappa shape index (κ1) is 9.63.